The van der Waals surface area contributed by atoms with E-state index >= 15 is 0 Å². The lowest BCUT2D eigenvalue weighted by Crippen LogP contribution is -2.58. The second kappa shape index (κ2) is 54.9. The van der Waals surface area contributed by atoms with E-state index in [0.29, 0.717) is 52.3 Å². The van der Waals surface area contributed by atoms with Crippen LogP contribution in [0.1, 0.15) is 449 Å². The van der Waals surface area contributed by atoms with E-state index in [4.69, 9.17) is 9.47 Å². The molecule has 0 radical (unpaired) electrons. The third kappa shape index (κ3) is 32.0. The Hall–Kier alpha value is -6.54. The van der Waals surface area contributed by atoms with Crippen molar-refractivity contribution in [3.8, 4) is 57.5 Å². The zero-order valence-corrected chi connectivity index (χ0v) is 92.9. The third-order valence-corrected chi connectivity index (χ3v) is 36.5. The van der Waals surface area contributed by atoms with Crippen LogP contribution >= 0.6 is 0 Å². The number of methoxy groups -OCH3 is 2. The largest absolute Gasteiger partial charge is 0.508 e. The van der Waals surface area contributed by atoms with Crippen molar-refractivity contribution in [2.45, 2.75) is 443 Å². The van der Waals surface area contributed by atoms with Gasteiger partial charge in [0.05, 0.1) is 14.2 Å². The van der Waals surface area contributed by atoms with Crippen molar-refractivity contribution >= 4 is 11.4 Å². The number of anilines is 2. The van der Waals surface area contributed by atoms with E-state index in [1.165, 1.54) is 204 Å². The molecule has 4 aliphatic heterocycles. The van der Waals surface area contributed by atoms with Crippen molar-refractivity contribution in [1.82, 2.24) is 29.6 Å². The lowest BCUT2D eigenvalue weighted by molar-refractivity contribution is -0.0565. The predicted molar refractivity (Wildman–Crippen MR) is 591 cm³/mol. The molecule has 4 heterocycles. The molecule has 8 N–H and O–H groups in total. The fourth-order valence-electron chi connectivity index (χ4n) is 26.4. The summed E-state index contributed by atoms with van der Waals surface area (Å²) in [5.74, 6) is 9.10. The van der Waals surface area contributed by atoms with Gasteiger partial charge in [-0.05, 0) is 293 Å². The summed E-state index contributed by atoms with van der Waals surface area (Å²) in [4.78, 5) is 14.3. The van der Waals surface area contributed by atoms with Crippen molar-refractivity contribution in [3.05, 3.63) is 105 Å². The van der Waals surface area contributed by atoms with E-state index in [1.54, 1.807) is 0 Å². The molecular weight excluding hydrogens is 1750 g/mol. The highest BCUT2D eigenvalue weighted by atomic mass is 16.5. The van der Waals surface area contributed by atoms with E-state index in [1.807, 2.05) is 62.8 Å². The molecule has 0 aromatic heterocycles. The van der Waals surface area contributed by atoms with Gasteiger partial charge >= 0.3 is 0 Å². The first-order valence-electron chi connectivity index (χ1n) is 57.8. The Bertz CT molecular complexity index is 4260. The molecule has 0 amide bonds. The zero-order valence-electron chi connectivity index (χ0n) is 92.9. The third-order valence-electron chi connectivity index (χ3n) is 36.5. The SMILES string of the molecule is CCCCC(C)(C)c1cc(O)c(C2CCC(N3CCN(C)CC3)CC2)c(O)c1.CCCCC(C)(C)c1cc(O)c(N2CCN(C3CCCCC3)CC2)c(O)c1.CCCCC(C)(C)c1cc(O)c(N2CCN(N3CCN(C)CC3)CC2)c(O)c1.CCCCCC(C)(C)c1cc(O)c(C2CCC(C3CCCCC3)CC2)c(O)c1.CCCCCC(C)(C)c1cc(OC)c(C2CCC(C3CCCCC3)CC2)c(OC)c1. The van der Waals surface area contributed by atoms with Gasteiger partial charge in [0.25, 0.3) is 0 Å². The summed E-state index contributed by atoms with van der Waals surface area (Å²) in [6.45, 7) is 49.7. The number of rotatable bonds is 34. The number of likely N-dealkylation sites (N-methyl/N-ethyl adjacent to an activating group) is 2. The van der Waals surface area contributed by atoms with Gasteiger partial charge < -0.3 is 69.9 Å². The normalized spacial score (nSPS) is 22.8. The van der Waals surface area contributed by atoms with Crippen LogP contribution in [0, 0.1) is 23.7 Å². The molecule has 796 valence electrons. The maximum Gasteiger partial charge on any atom is 0.143 e. The summed E-state index contributed by atoms with van der Waals surface area (Å²) in [6.07, 6.45) is 55.6. The molecule has 0 atom stereocenters. The number of nitrogens with zero attached hydrogens (tertiary/aromatic N) is 8. The van der Waals surface area contributed by atoms with Gasteiger partial charge in [-0.25, -0.2) is 10.0 Å². The van der Waals surface area contributed by atoms with Crippen LogP contribution in [0.3, 0.4) is 0 Å². The average molecular weight is 1960 g/mol. The average Bonchev–Trinajstić information content (AvgIpc) is 0.787. The van der Waals surface area contributed by atoms with E-state index in [-0.39, 0.29) is 56.0 Å². The number of phenols is 8. The van der Waals surface area contributed by atoms with Gasteiger partial charge in [-0.2, -0.15) is 0 Å². The molecule has 10 fully saturated rings. The van der Waals surface area contributed by atoms with Crippen molar-refractivity contribution < 1.29 is 50.3 Å². The Labute approximate surface area is 858 Å². The first-order chi connectivity index (χ1) is 67.5. The Morgan fingerprint density at radius 3 is 0.809 bits per heavy atom. The first-order valence-corrected chi connectivity index (χ1v) is 57.8. The van der Waals surface area contributed by atoms with Gasteiger partial charge in [0.2, 0.25) is 0 Å². The fraction of sp³-hybridized carbons (Fsp3) is 0.756. The quantitative estimate of drug-likeness (QED) is 0.0180. The van der Waals surface area contributed by atoms with E-state index in [9.17, 15) is 40.9 Å². The van der Waals surface area contributed by atoms with Gasteiger partial charge in [-0.3, -0.25) is 9.80 Å². The minimum absolute atomic E-state index is 0.0126. The van der Waals surface area contributed by atoms with E-state index in [2.05, 4.69) is 170 Å². The molecule has 0 unspecified atom stereocenters. The molecule has 4 saturated heterocycles. The molecule has 10 aliphatic rings. The van der Waals surface area contributed by atoms with Crippen LogP contribution in [0.15, 0.2) is 60.7 Å². The second-order valence-electron chi connectivity index (χ2n) is 48.9. The summed E-state index contributed by atoms with van der Waals surface area (Å²) in [5.41, 5.74) is 9.66. The summed E-state index contributed by atoms with van der Waals surface area (Å²) in [7, 11) is 8.04. The number of benzene rings is 5. The fourth-order valence-corrected chi connectivity index (χ4v) is 26.4. The topological polar surface area (TPSA) is 206 Å². The number of ether oxygens (including phenoxy) is 2. The Morgan fingerprint density at radius 1 is 0.255 bits per heavy atom. The molecule has 15 rings (SSSR count). The monoisotopic (exact) mass is 1950 g/mol. The molecule has 0 spiro atoms. The minimum atomic E-state index is -0.0520. The molecule has 6 aliphatic carbocycles. The molecule has 141 heavy (non-hydrogen) atoms. The molecule has 0 bridgehead atoms. The Balaban J connectivity index is 0.000000169. The predicted octanol–water partition coefficient (Wildman–Crippen LogP) is 28.9. The summed E-state index contributed by atoms with van der Waals surface area (Å²) in [6, 6.07) is 21.2. The molecule has 5 aromatic carbocycles. The molecule has 6 saturated carbocycles. The van der Waals surface area contributed by atoms with Crippen molar-refractivity contribution in [3.63, 3.8) is 0 Å². The smallest absolute Gasteiger partial charge is 0.143 e. The van der Waals surface area contributed by atoms with Gasteiger partial charge in [0, 0.05) is 133 Å². The number of hydrazine groups is 1. The maximum absolute atomic E-state index is 10.8. The van der Waals surface area contributed by atoms with Crippen molar-refractivity contribution in [2.24, 2.45) is 23.7 Å². The maximum atomic E-state index is 10.8. The highest BCUT2D eigenvalue weighted by Gasteiger charge is 2.40. The van der Waals surface area contributed by atoms with Crippen molar-refractivity contribution in [1.29, 1.82) is 0 Å². The summed E-state index contributed by atoms with van der Waals surface area (Å²) in [5, 5.41) is 91.0. The number of unbranched alkanes of at least 4 members (excludes halogenated alkanes) is 7. The lowest BCUT2D eigenvalue weighted by Gasteiger charge is -2.44. The van der Waals surface area contributed by atoms with Crippen LogP contribution in [0.5, 0.6) is 57.5 Å². The van der Waals surface area contributed by atoms with E-state index < -0.39 is 0 Å². The standard InChI is InChI=1S/C28H46O2.C26H42O2.C24H40N2O2.C23H38N2O2.C22H38N4O2/c1-6-7-11-18-28(2,3)24-19-25(29-4)27(26(20-24)30-5)23-16-14-22(15-17-23)21-12-9-8-10-13-21;1-4-5-9-16-26(2,3)22-17-23(27)25(24(28)18-22)21-14-12-20(13-15-21)19-10-7-6-8-11-19;1-5-6-11-24(2,3)19-16-21(27)23(22(28)17-19)18-7-9-20(10-8-18)26-14-12-25(4)13-15-26;1-4-5-11-23(2,3)18-16-20(26)22(21(27)17-18)25-14-12-24(13-15-25)19-9-7-6-8-10-19;1-5-6-7-22(2,3)18-16-19(27)21(20(28)17-18)24-10-14-26(15-11-24)25-12-8-23(4)9-13-25/h19-23H,6-18H2,1-5H3;17-21,27-28H,4-16H2,1-3H3;16-18,20,27-28H,5-15H2,1-4H3;16-17,19,26-27H,4-15H2,1-3H3;16-17,27-28H,5-15H2,1-4H3. The first kappa shape index (κ1) is 115. The molecular formula is C123H204N8O10. The Morgan fingerprint density at radius 2 is 0.496 bits per heavy atom. The van der Waals surface area contributed by atoms with Crippen LogP contribution in [0.2, 0.25) is 0 Å². The van der Waals surface area contributed by atoms with E-state index in [0.717, 1.165) is 269 Å². The molecule has 18 nitrogen and oxygen atoms in total. The highest BCUT2D eigenvalue weighted by molar-refractivity contribution is 5.70. The number of hydrogen-bond acceptors (Lipinski definition) is 18. The van der Waals surface area contributed by atoms with Crippen molar-refractivity contribution in [2.75, 3.05) is 143 Å². The number of aromatic hydroxyl groups is 8. The van der Waals surface area contributed by atoms with Crippen LogP contribution in [-0.2, 0) is 27.1 Å². The second-order valence-corrected chi connectivity index (χ2v) is 48.9. The molecule has 18 heteroatoms. The molecule has 5 aromatic rings. The highest BCUT2D eigenvalue weighted by Crippen LogP contribution is 2.54. The van der Waals surface area contributed by atoms with Crippen LogP contribution in [0.25, 0.3) is 0 Å². The summed E-state index contributed by atoms with van der Waals surface area (Å²) < 4.78 is 11.9. The van der Waals surface area contributed by atoms with Crippen LogP contribution in [-0.4, -0.2) is 216 Å². The Kier molecular flexibility index (Phi) is 44.7. The van der Waals surface area contributed by atoms with Gasteiger partial charge in [-0.15, -0.1) is 0 Å². The van der Waals surface area contributed by atoms with Gasteiger partial charge in [0.1, 0.15) is 68.9 Å². The van der Waals surface area contributed by atoms with Gasteiger partial charge in [0.15, 0.2) is 0 Å². The minimum Gasteiger partial charge on any atom is -0.508 e. The summed E-state index contributed by atoms with van der Waals surface area (Å²) >= 11 is 0. The van der Waals surface area contributed by atoms with Crippen LogP contribution < -0.4 is 19.3 Å². The number of phenolic OH excluding ortho intramolecular Hbond substituents is 8. The van der Waals surface area contributed by atoms with Gasteiger partial charge in [-0.1, -0.05) is 264 Å². The zero-order chi connectivity index (χ0) is 102. The number of piperazine rings is 4. The van der Waals surface area contributed by atoms with Crippen LogP contribution in [0.4, 0.5) is 11.4 Å². The lowest BCUT2D eigenvalue weighted by atomic mass is 9.69. The number of hydrogen-bond donors (Lipinski definition) is 8.